The number of carbonyl (C=O) groups is 3. The predicted molar refractivity (Wildman–Crippen MR) is 99.2 cm³/mol. The number of nitrogens with one attached hydrogen (secondary N) is 2. The molecule has 0 fully saturated rings. The average Bonchev–Trinajstić information content (AvgIpc) is 3.04. The lowest BCUT2D eigenvalue weighted by Gasteiger charge is -2.07. The summed E-state index contributed by atoms with van der Waals surface area (Å²) in [6, 6.07) is 9.92. The Morgan fingerprint density at radius 3 is 2.52 bits per heavy atom. The molecule has 0 radical (unpaired) electrons. The number of benzene rings is 2. The number of fused-ring (bicyclic) bond motifs is 1. The Bertz CT molecular complexity index is 1090. The van der Waals surface area contributed by atoms with Gasteiger partial charge in [0, 0.05) is 22.7 Å². The minimum atomic E-state index is -1.11. The van der Waals surface area contributed by atoms with Crippen LogP contribution in [0.25, 0.3) is 11.0 Å². The van der Waals surface area contributed by atoms with Crippen LogP contribution >= 0.6 is 0 Å². The maximum absolute atomic E-state index is 13.1. The summed E-state index contributed by atoms with van der Waals surface area (Å²) in [6.45, 7) is 0.637. The number of hydrogen-bond acceptors (Lipinski definition) is 5. The summed E-state index contributed by atoms with van der Waals surface area (Å²) in [5.41, 5.74) is 1.15. The van der Waals surface area contributed by atoms with Crippen LogP contribution in [0.1, 0.15) is 16.1 Å². The minimum Gasteiger partial charge on any atom is -0.450 e. The zero-order valence-electron chi connectivity index (χ0n) is 15.3. The average molecular weight is 402 g/mol. The van der Waals surface area contributed by atoms with E-state index in [4.69, 9.17) is 9.15 Å². The van der Waals surface area contributed by atoms with Crippen molar-refractivity contribution in [1.29, 1.82) is 0 Å². The number of hydrogen-bond donors (Lipinski definition) is 2. The number of amides is 2. The summed E-state index contributed by atoms with van der Waals surface area (Å²) in [5, 5.41) is 5.31. The van der Waals surface area contributed by atoms with Crippen molar-refractivity contribution in [1.82, 2.24) is 5.32 Å². The van der Waals surface area contributed by atoms with E-state index in [0.29, 0.717) is 11.1 Å². The van der Waals surface area contributed by atoms with Gasteiger partial charge in [-0.25, -0.2) is 13.6 Å². The number of halogens is 2. The smallest absolute Gasteiger partial charge is 0.375 e. The zero-order chi connectivity index (χ0) is 21.0. The van der Waals surface area contributed by atoms with Crippen LogP contribution in [-0.4, -0.2) is 30.9 Å². The van der Waals surface area contributed by atoms with Gasteiger partial charge in [-0.2, -0.15) is 0 Å². The highest BCUT2D eigenvalue weighted by Crippen LogP contribution is 2.25. The number of esters is 1. The molecule has 3 aromatic rings. The standard InChI is InChI=1S/C20H16F2N2O5/c1-11-13-4-2-3-5-16(13)29-19(11)20(27)28-10-18(26)23-9-17(25)24-12-6-7-14(21)15(22)8-12/h2-8H,9-10H2,1H3,(H,23,26)(H,24,25). The number of ether oxygens (including phenoxy) is 1. The molecule has 0 aliphatic heterocycles. The van der Waals surface area contributed by atoms with Crippen LogP contribution in [0.5, 0.6) is 0 Å². The van der Waals surface area contributed by atoms with Crippen LogP contribution in [0.15, 0.2) is 46.9 Å². The third-order valence-electron chi connectivity index (χ3n) is 4.01. The molecule has 0 atom stereocenters. The van der Waals surface area contributed by atoms with Gasteiger partial charge in [-0.05, 0) is 25.1 Å². The van der Waals surface area contributed by atoms with E-state index in [1.165, 1.54) is 6.07 Å². The van der Waals surface area contributed by atoms with Gasteiger partial charge in [-0.3, -0.25) is 9.59 Å². The molecular weight excluding hydrogens is 386 g/mol. The summed E-state index contributed by atoms with van der Waals surface area (Å²) in [4.78, 5) is 35.7. The highest BCUT2D eigenvalue weighted by Gasteiger charge is 2.20. The summed E-state index contributed by atoms with van der Waals surface area (Å²) in [5.74, 6) is -4.34. The second-order valence-electron chi connectivity index (χ2n) is 6.08. The summed E-state index contributed by atoms with van der Waals surface area (Å²) in [6.07, 6.45) is 0. The lowest BCUT2D eigenvalue weighted by molar-refractivity contribution is -0.126. The van der Waals surface area contributed by atoms with Crippen molar-refractivity contribution in [3.63, 3.8) is 0 Å². The molecule has 0 unspecified atom stereocenters. The van der Waals surface area contributed by atoms with Crippen molar-refractivity contribution in [2.45, 2.75) is 6.92 Å². The SMILES string of the molecule is Cc1c(C(=O)OCC(=O)NCC(=O)Nc2ccc(F)c(F)c2)oc2ccccc12. The van der Waals surface area contributed by atoms with E-state index >= 15 is 0 Å². The molecule has 2 N–H and O–H groups in total. The number of anilines is 1. The topological polar surface area (TPSA) is 97.6 Å². The molecule has 0 aliphatic rings. The first kappa shape index (κ1) is 20.0. The molecule has 2 amide bonds. The largest absolute Gasteiger partial charge is 0.450 e. The quantitative estimate of drug-likeness (QED) is 0.618. The zero-order valence-corrected chi connectivity index (χ0v) is 15.3. The highest BCUT2D eigenvalue weighted by atomic mass is 19.2. The molecule has 0 spiro atoms. The van der Waals surface area contributed by atoms with Gasteiger partial charge in [0.15, 0.2) is 18.2 Å². The monoisotopic (exact) mass is 402 g/mol. The fourth-order valence-corrected chi connectivity index (χ4v) is 2.57. The Morgan fingerprint density at radius 1 is 1.03 bits per heavy atom. The number of furan rings is 1. The molecule has 9 heteroatoms. The van der Waals surface area contributed by atoms with Crippen molar-refractivity contribution >= 4 is 34.4 Å². The normalized spacial score (nSPS) is 10.6. The minimum absolute atomic E-state index is 0.00456. The fourth-order valence-electron chi connectivity index (χ4n) is 2.57. The van der Waals surface area contributed by atoms with Gasteiger partial charge >= 0.3 is 5.97 Å². The van der Waals surface area contributed by atoms with Gasteiger partial charge in [0.1, 0.15) is 5.58 Å². The molecule has 1 heterocycles. The number of aryl methyl sites for hydroxylation is 1. The molecule has 7 nitrogen and oxygen atoms in total. The van der Waals surface area contributed by atoms with Crippen LogP contribution in [0.2, 0.25) is 0 Å². The van der Waals surface area contributed by atoms with Gasteiger partial charge in [0.2, 0.25) is 11.7 Å². The maximum Gasteiger partial charge on any atom is 0.375 e. The van der Waals surface area contributed by atoms with Crippen molar-refractivity contribution in [3.05, 3.63) is 65.4 Å². The molecule has 1 aromatic heterocycles. The second-order valence-corrected chi connectivity index (χ2v) is 6.08. The van der Waals surface area contributed by atoms with Crippen molar-refractivity contribution in [2.24, 2.45) is 0 Å². The molecule has 150 valence electrons. The highest BCUT2D eigenvalue weighted by molar-refractivity contribution is 5.97. The second kappa shape index (κ2) is 8.51. The Labute approximate surface area is 163 Å². The number of para-hydroxylation sites is 1. The predicted octanol–water partition coefficient (Wildman–Crippen LogP) is 2.93. The summed E-state index contributed by atoms with van der Waals surface area (Å²) >= 11 is 0. The molecule has 3 rings (SSSR count). The van der Waals surface area contributed by atoms with Crippen LogP contribution in [0.3, 0.4) is 0 Å². The lowest BCUT2D eigenvalue weighted by Crippen LogP contribution is -2.35. The van der Waals surface area contributed by atoms with Gasteiger partial charge in [0.25, 0.3) is 5.91 Å². The van der Waals surface area contributed by atoms with Crippen LogP contribution in [-0.2, 0) is 14.3 Å². The van der Waals surface area contributed by atoms with Gasteiger partial charge in [-0.1, -0.05) is 18.2 Å². The summed E-state index contributed by atoms with van der Waals surface area (Å²) < 4.78 is 36.3. The van der Waals surface area contributed by atoms with E-state index < -0.39 is 42.6 Å². The van der Waals surface area contributed by atoms with Crippen LogP contribution < -0.4 is 10.6 Å². The summed E-state index contributed by atoms with van der Waals surface area (Å²) in [7, 11) is 0. The third-order valence-corrected chi connectivity index (χ3v) is 4.01. The number of carbonyl (C=O) groups excluding carboxylic acids is 3. The molecule has 29 heavy (non-hydrogen) atoms. The fraction of sp³-hybridized carbons (Fsp3) is 0.150. The molecular formula is C20H16F2N2O5. The van der Waals surface area contributed by atoms with E-state index in [1.807, 2.05) is 0 Å². The Hall–Kier alpha value is -3.75. The van der Waals surface area contributed by atoms with E-state index in [1.54, 1.807) is 31.2 Å². The molecule has 0 bridgehead atoms. The Kier molecular flexibility index (Phi) is 5.87. The first-order valence-electron chi connectivity index (χ1n) is 8.52. The maximum atomic E-state index is 13.1. The third kappa shape index (κ3) is 4.75. The van der Waals surface area contributed by atoms with E-state index in [2.05, 4.69) is 10.6 Å². The Morgan fingerprint density at radius 2 is 1.79 bits per heavy atom. The molecule has 0 aliphatic carbocycles. The first-order valence-corrected chi connectivity index (χ1v) is 8.52. The van der Waals surface area contributed by atoms with E-state index in [-0.39, 0.29) is 11.4 Å². The van der Waals surface area contributed by atoms with E-state index in [0.717, 1.165) is 17.5 Å². The number of rotatable bonds is 6. The van der Waals surface area contributed by atoms with Gasteiger partial charge in [0.05, 0.1) is 6.54 Å². The molecule has 0 saturated carbocycles. The Balaban J connectivity index is 1.47. The first-order chi connectivity index (χ1) is 13.8. The van der Waals surface area contributed by atoms with E-state index in [9.17, 15) is 23.2 Å². The molecule has 2 aromatic carbocycles. The van der Waals surface area contributed by atoms with Crippen molar-refractivity contribution in [3.8, 4) is 0 Å². The van der Waals surface area contributed by atoms with Gasteiger partial charge < -0.3 is 19.8 Å². The van der Waals surface area contributed by atoms with Gasteiger partial charge in [-0.15, -0.1) is 0 Å². The van der Waals surface area contributed by atoms with Crippen molar-refractivity contribution < 1.29 is 32.3 Å². The van der Waals surface area contributed by atoms with Crippen molar-refractivity contribution in [2.75, 3.05) is 18.5 Å². The van der Waals surface area contributed by atoms with Crippen LogP contribution in [0, 0.1) is 18.6 Å². The van der Waals surface area contributed by atoms with Crippen LogP contribution in [0.4, 0.5) is 14.5 Å². The molecule has 0 saturated heterocycles. The lowest BCUT2D eigenvalue weighted by atomic mass is 10.1.